The molecule has 0 amide bonds. The molecule has 1 aromatic carbocycles. The Morgan fingerprint density at radius 2 is 2.05 bits per heavy atom. The van der Waals surface area contributed by atoms with Crippen molar-refractivity contribution in [3.63, 3.8) is 0 Å². The first-order valence-electron chi connectivity index (χ1n) is 5.53. The van der Waals surface area contributed by atoms with Gasteiger partial charge in [-0.1, -0.05) is 0 Å². The van der Waals surface area contributed by atoms with Gasteiger partial charge in [-0.2, -0.15) is 5.10 Å². The number of benzene rings is 1. The van der Waals surface area contributed by atoms with Gasteiger partial charge < -0.3 is 10.4 Å². The van der Waals surface area contributed by atoms with E-state index in [4.69, 9.17) is 17.3 Å². The molecule has 0 aliphatic carbocycles. The third-order valence-electron chi connectivity index (χ3n) is 2.19. The van der Waals surface area contributed by atoms with Crippen molar-refractivity contribution in [2.75, 3.05) is 5.32 Å². The lowest BCUT2D eigenvalue weighted by atomic mass is 10.2. The van der Waals surface area contributed by atoms with Crippen LogP contribution in [0.2, 0.25) is 0 Å². The molecule has 1 heterocycles. The van der Waals surface area contributed by atoms with E-state index in [1.54, 1.807) is 42.9 Å². The first kappa shape index (κ1) is 13.0. The maximum absolute atomic E-state index is 9.14. The summed E-state index contributed by atoms with van der Waals surface area (Å²) < 4.78 is 0. The van der Waals surface area contributed by atoms with E-state index in [9.17, 15) is 0 Å². The molecule has 2 aromatic rings. The Balaban J connectivity index is 1.85. The molecule has 19 heavy (non-hydrogen) atoms. The molecule has 0 spiro atoms. The van der Waals surface area contributed by atoms with E-state index in [1.165, 1.54) is 0 Å². The number of nitrogens with zero attached hydrogens (tertiary/aromatic N) is 2. The van der Waals surface area contributed by atoms with Crippen LogP contribution in [0.25, 0.3) is 0 Å². The van der Waals surface area contributed by atoms with E-state index in [0.717, 1.165) is 11.3 Å². The molecule has 0 fully saturated rings. The smallest absolute Gasteiger partial charge is 0.191 e. The second kappa shape index (κ2) is 6.46. The van der Waals surface area contributed by atoms with Crippen molar-refractivity contribution in [3.8, 4) is 5.75 Å². The topological polar surface area (TPSA) is 69.5 Å². The summed E-state index contributed by atoms with van der Waals surface area (Å²) in [5.74, 6) is 0.221. The number of hydrogen-bond acceptors (Lipinski definition) is 4. The summed E-state index contributed by atoms with van der Waals surface area (Å²) in [5, 5.41) is 16.4. The van der Waals surface area contributed by atoms with E-state index in [-0.39, 0.29) is 5.75 Å². The highest BCUT2D eigenvalue weighted by Crippen LogP contribution is 2.07. The van der Waals surface area contributed by atoms with Crippen molar-refractivity contribution in [1.29, 1.82) is 0 Å². The number of phenols is 1. The number of rotatable bonds is 3. The fourth-order valence-corrected chi connectivity index (χ4v) is 1.49. The van der Waals surface area contributed by atoms with Crippen LogP contribution >= 0.6 is 12.2 Å². The lowest BCUT2D eigenvalue weighted by Crippen LogP contribution is -2.23. The van der Waals surface area contributed by atoms with E-state index in [2.05, 4.69) is 20.8 Å². The molecule has 0 bridgehead atoms. The van der Waals surface area contributed by atoms with Crippen molar-refractivity contribution in [2.24, 2.45) is 5.10 Å². The molecule has 0 saturated carbocycles. The van der Waals surface area contributed by atoms with E-state index in [1.807, 2.05) is 12.1 Å². The van der Waals surface area contributed by atoms with Gasteiger partial charge in [-0.25, -0.2) is 0 Å². The highest BCUT2D eigenvalue weighted by Gasteiger charge is 1.94. The Hall–Kier alpha value is -2.47. The van der Waals surface area contributed by atoms with Crippen LogP contribution in [0.1, 0.15) is 5.56 Å². The molecule has 1 aromatic heterocycles. The van der Waals surface area contributed by atoms with E-state index < -0.39 is 0 Å². The van der Waals surface area contributed by atoms with Crippen molar-refractivity contribution in [1.82, 2.24) is 10.4 Å². The normalized spacial score (nSPS) is 10.3. The van der Waals surface area contributed by atoms with E-state index >= 15 is 0 Å². The van der Waals surface area contributed by atoms with Gasteiger partial charge in [0.25, 0.3) is 0 Å². The number of aromatic nitrogens is 1. The van der Waals surface area contributed by atoms with Crippen LogP contribution in [-0.4, -0.2) is 21.4 Å². The average Bonchev–Trinajstić information content (AvgIpc) is 2.42. The largest absolute Gasteiger partial charge is 0.508 e. The summed E-state index contributed by atoms with van der Waals surface area (Å²) in [6.45, 7) is 0. The number of phenolic OH excluding ortho intramolecular Hbond substituents is 1. The number of hydrazone groups is 1. The third-order valence-corrected chi connectivity index (χ3v) is 2.39. The fourth-order valence-electron chi connectivity index (χ4n) is 1.32. The summed E-state index contributed by atoms with van der Waals surface area (Å²) in [6.07, 6.45) is 4.96. The van der Waals surface area contributed by atoms with Crippen LogP contribution in [0.15, 0.2) is 53.9 Å². The summed E-state index contributed by atoms with van der Waals surface area (Å²) in [5.41, 5.74) is 4.34. The minimum absolute atomic E-state index is 0.221. The van der Waals surface area contributed by atoms with Crippen LogP contribution in [-0.2, 0) is 0 Å². The minimum Gasteiger partial charge on any atom is -0.508 e. The standard InChI is InChI=1S/C13H12N4OS/c18-12-5-3-10(4-6-12)8-15-17-13(19)16-11-2-1-7-14-9-11/h1-9,18H,(H2,16,17,19). The first-order valence-corrected chi connectivity index (χ1v) is 5.94. The fraction of sp³-hybridized carbons (Fsp3) is 0. The van der Waals surface area contributed by atoms with Crippen LogP contribution in [0.4, 0.5) is 5.69 Å². The Bertz CT molecular complexity index is 569. The SMILES string of the molecule is Oc1ccc(C=NNC(=S)Nc2cccnc2)cc1. The molecule has 6 heteroatoms. The van der Waals surface area contributed by atoms with Gasteiger partial charge >= 0.3 is 0 Å². The molecule has 0 saturated heterocycles. The van der Waals surface area contributed by atoms with Gasteiger partial charge in [0.1, 0.15) is 5.75 Å². The number of anilines is 1. The van der Waals surface area contributed by atoms with Crippen LogP contribution < -0.4 is 10.7 Å². The lowest BCUT2D eigenvalue weighted by Gasteiger charge is -2.05. The van der Waals surface area contributed by atoms with Gasteiger partial charge in [0.2, 0.25) is 0 Å². The summed E-state index contributed by atoms with van der Waals surface area (Å²) in [4.78, 5) is 3.96. The van der Waals surface area contributed by atoms with Crippen molar-refractivity contribution in [3.05, 3.63) is 54.4 Å². The maximum atomic E-state index is 9.14. The lowest BCUT2D eigenvalue weighted by molar-refractivity contribution is 0.475. The molecule has 0 aliphatic rings. The number of thiocarbonyl (C=S) groups is 1. The number of hydrogen-bond donors (Lipinski definition) is 3. The van der Waals surface area contributed by atoms with Gasteiger partial charge in [0, 0.05) is 6.20 Å². The Labute approximate surface area is 116 Å². The number of nitrogens with one attached hydrogen (secondary N) is 2. The van der Waals surface area contributed by atoms with Crippen LogP contribution in [0.3, 0.4) is 0 Å². The molecule has 3 N–H and O–H groups in total. The zero-order valence-electron chi connectivity index (χ0n) is 9.95. The van der Waals surface area contributed by atoms with Gasteiger partial charge in [0.05, 0.1) is 18.1 Å². The van der Waals surface area contributed by atoms with Crippen LogP contribution in [0, 0.1) is 0 Å². The molecule has 0 unspecified atom stereocenters. The second-order valence-corrected chi connectivity index (χ2v) is 4.07. The van der Waals surface area contributed by atoms with E-state index in [0.29, 0.717) is 5.11 Å². The number of aromatic hydroxyl groups is 1. The Morgan fingerprint density at radius 1 is 1.26 bits per heavy atom. The highest BCUT2D eigenvalue weighted by atomic mass is 32.1. The predicted octanol–water partition coefficient (Wildman–Crippen LogP) is 2.11. The molecule has 5 nitrogen and oxygen atoms in total. The Morgan fingerprint density at radius 3 is 2.74 bits per heavy atom. The van der Waals surface area contributed by atoms with Gasteiger partial charge in [-0.3, -0.25) is 10.4 Å². The molecule has 2 rings (SSSR count). The quantitative estimate of drug-likeness (QED) is 0.453. The molecule has 0 atom stereocenters. The van der Waals surface area contributed by atoms with Gasteiger partial charge in [-0.05, 0) is 54.2 Å². The zero-order valence-corrected chi connectivity index (χ0v) is 10.8. The second-order valence-electron chi connectivity index (χ2n) is 3.66. The summed E-state index contributed by atoms with van der Waals surface area (Å²) in [6, 6.07) is 10.3. The monoisotopic (exact) mass is 272 g/mol. The Kier molecular flexibility index (Phi) is 4.41. The molecule has 0 radical (unpaired) electrons. The summed E-state index contributed by atoms with van der Waals surface area (Å²) >= 11 is 5.07. The first-order chi connectivity index (χ1) is 9.24. The van der Waals surface area contributed by atoms with Crippen LogP contribution in [0.5, 0.6) is 5.75 Å². The van der Waals surface area contributed by atoms with Crippen molar-refractivity contribution < 1.29 is 5.11 Å². The predicted molar refractivity (Wildman–Crippen MR) is 79.3 cm³/mol. The molecule has 0 aliphatic heterocycles. The molecule has 96 valence electrons. The van der Waals surface area contributed by atoms with Gasteiger partial charge in [-0.15, -0.1) is 0 Å². The van der Waals surface area contributed by atoms with Gasteiger partial charge in [0.15, 0.2) is 5.11 Å². The molecular weight excluding hydrogens is 260 g/mol. The third kappa shape index (κ3) is 4.36. The van der Waals surface area contributed by atoms with Crippen molar-refractivity contribution >= 4 is 29.2 Å². The zero-order chi connectivity index (χ0) is 13.5. The van der Waals surface area contributed by atoms with Crippen molar-refractivity contribution in [2.45, 2.75) is 0 Å². The number of pyridine rings is 1. The molecular formula is C13H12N4OS. The summed E-state index contributed by atoms with van der Waals surface area (Å²) in [7, 11) is 0. The highest BCUT2D eigenvalue weighted by molar-refractivity contribution is 7.80. The maximum Gasteiger partial charge on any atom is 0.191 e. The minimum atomic E-state index is 0.221. The average molecular weight is 272 g/mol.